The van der Waals surface area contributed by atoms with Gasteiger partial charge in [0.25, 0.3) is 6.43 Å². The van der Waals surface area contributed by atoms with Gasteiger partial charge in [0.15, 0.2) is 5.69 Å². The van der Waals surface area contributed by atoms with Gasteiger partial charge in [-0.3, -0.25) is 0 Å². The molecule has 3 heterocycles. The number of pyridine rings is 1. The fourth-order valence-electron chi connectivity index (χ4n) is 3.19. The summed E-state index contributed by atoms with van der Waals surface area (Å²) in [5, 5.41) is 13.2. The maximum absolute atomic E-state index is 13.1. The van der Waals surface area contributed by atoms with Crippen LogP contribution in [0.15, 0.2) is 42.7 Å². The van der Waals surface area contributed by atoms with Crippen molar-refractivity contribution < 1.29 is 27.8 Å². The predicted octanol–water partition coefficient (Wildman–Crippen LogP) is 4.92. The minimum atomic E-state index is -2.34. The molecule has 7 nitrogen and oxygen atoms in total. The van der Waals surface area contributed by atoms with Crippen LogP contribution >= 0.6 is 11.3 Å². The van der Waals surface area contributed by atoms with E-state index in [1.165, 1.54) is 30.6 Å². The molecule has 0 fully saturated rings. The molecular weight excluding hydrogens is 469 g/mol. The van der Waals surface area contributed by atoms with Crippen LogP contribution in [-0.4, -0.2) is 52.7 Å². The summed E-state index contributed by atoms with van der Waals surface area (Å²) in [5.41, 5.74) is 2.59. The van der Waals surface area contributed by atoms with Gasteiger partial charge in [-0.25, -0.2) is 27.9 Å². The van der Waals surface area contributed by atoms with Crippen molar-refractivity contribution in [1.29, 1.82) is 0 Å². The molecule has 11 heteroatoms. The number of aryl methyl sites for hydroxylation is 1. The highest BCUT2D eigenvalue weighted by Gasteiger charge is 2.17. The topological polar surface area (TPSA) is 100 Å². The lowest BCUT2D eigenvalue weighted by Gasteiger charge is -2.03. The number of hydrogen-bond acceptors (Lipinski definition) is 6. The Balaban J connectivity index is 0.000000191. The van der Waals surface area contributed by atoms with Crippen molar-refractivity contribution in [2.75, 3.05) is 20.2 Å². The molecule has 3 N–H and O–H groups in total. The second kappa shape index (κ2) is 11.6. The molecule has 0 saturated carbocycles. The Labute approximate surface area is 197 Å². The standard InChI is InChI=1S/C12H13F3N2.C11H10N2O3S/c13-9-1-2-11-10(5-9)8(6-17-11)3-4-16-7-12(14)15;1-6-13-9(11(14)15)10(17-6)7-3-4-8(16-2)12-5-7/h1-2,5-6,12,16-17H,3-4,7H2;3-5H,1-2H3,(H,14,15). The van der Waals surface area contributed by atoms with E-state index in [2.05, 4.69) is 20.3 Å². The number of fused-ring (bicyclic) bond motifs is 1. The number of aromatic amines is 1. The minimum absolute atomic E-state index is 0.0690. The molecule has 3 aromatic heterocycles. The molecule has 0 spiro atoms. The van der Waals surface area contributed by atoms with Crippen LogP contribution in [0.4, 0.5) is 13.2 Å². The fourth-order valence-corrected chi connectivity index (χ4v) is 4.10. The number of halogens is 3. The number of ether oxygens (including phenoxy) is 1. The van der Waals surface area contributed by atoms with Gasteiger partial charge in [0.2, 0.25) is 5.88 Å². The van der Waals surface area contributed by atoms with E-state index in [-0.39, 0.29) is 18.1 Å². The van der Waals surface area contributed by atoms with Crippen LogP contribution in [0.5, 0.6) is 5.88 Å². The maximum atomic E-state index is 13.1. The second-order valence-corrected chi connectivity index (χ2v) is 8.36. The summed E-state index contributed by atoms with van der Waals surface area (Å²) >= 11 is 1.34. The number of methoxy groups -OCH3 is 1. The van der Waals surface area contributed by atoms with Crippen molar-refractivity contribution in [3.63, 3.8) is 0 Å². The van der Waals surface area contributed by atoms with Gasteiger partial charge in [-0.15, -0.1) is 11.3 Å². The number of H-pyrrole nitrogens is 1. The monoisotopic (exact) mass is 492 g/mol. The third-order valence-electron chi connectivity index (χ3n) is 4.74. The SMILES string of the molecule is COc1ccc(-c2sc(C)nc2C(=O)O)cn1.Fc1ccc2[nH]cc(CCNCC(F)F)c2c1. The third-order valence-corrected chi connectivity index (χ3v) is 5.76. The van der Waals surface area contributed by atoms with Crippen molar-refractivity contribution in [3.05, 3.63) is 64.8 Å². The van der Waals surface area contributed by atoms with E-state index in [1.807, 2.05) is 0 Å². The maximum Gasteiger partial charge on any atom is 0.356 e. The van der Waals surface area contributed by atoms with Crippen LogP contribution in [0.2, 0.25) is 0 Å². The van der Waals surface area contributed by atoms with Crippen molar-refractivity contribution in [2.45, 2.75) is 19.8 Å². The molecule has 4 aromatic rings. The summed E-state index contributed by atoms with van der Waals surface area (Å²) in [4.78, 5) is 22.7. The lowest BCUT2D eigenvalue weighted by Crippen LogP contribution is -2.23. The molecule has 34 heavy (non-hydrogen) atoms. The summed E-state index contributed by atoms with van der Waals surface area (Å²) in [5.74, 6) is -0.828. The van der Waals surface area contributed by atoms with Gasteiger partial charge in [-0.05, 0) is 49.7 Å². The largest absolute Gasteiger partial charge is 0.481 e. The Morgan fingerprint density at radius 3 is 2.74 bits per heavy atom. The lowest BCUT2D eigenvalue weighted by atomic mass is 10.1. The average Bonchev–Trinajstić information content (AvgIpc) is 3.40. The highest BCUT2D eigenvalue weighted by atomic mass is 32.1. The smallest absolute Gasteiger partial charge is 0.356 e. The quantitative estimate of drug-likeness (QED) is 0.302. The molecule has 0 atom stereocenters. The molecule has 0 saturated heterocycles. The Kier molecular flexibility index (Phi) is 8.61. The molecule has 4 rings (SSSR count). The van der Waals surface area contributed by atoms with Gasteiger partial charge in [0.1, 0.15) is 5.82 Å². The normalized spacial score (nSPS) is 10.9. The minimum Gasteiger partial charge on any atom is -0.481 e. The summed E-state index contributed by atoms with van der Waals surface area (Å²) in [6.07, 6.45) is 1.62. The summed E-state index contributed by atoms with van der Waals surface area (Å²) < 4.78 is 41.8. The number of carbonyl (C=O) groups is 1. The summed E-state index contributed by atoms with van der Waals surface area (Å²) in [6, 6.07) is 7.97. The first-order valence-corrected chi connectivity index (χ1v) is 11.1. The van der Waals surface area contributed by atoms with E-state index in [0.717, 1.165) is 22.0 Å². The number of alkyl halides is 2. The van der Waals surface area contributed by atoms with E-state index in [4.69, 9.17) is 9.84 Å². The molecule has 1 aromatic carbocycles. The summed E-state index contributed by atoms with van der Waals surface area (Å²) in [7, 11) is 1.53. The van der Waals surface area contributed by atoms with Crippen molar-refractivity contribution in [1.82, 2.24) is 20.3 Å². The predicted molar refractivity (Wildman–Crippen MR) is 124 cm³/mol. The van der Waals surface area contributed by atoms with E-state index in [1.54, 1.807) is 37.5 Å². The zero-order chi connectivity index (χ0) is 24.7. The molecular formula is C23H23F3N4O3S. The zero-order valence-electron chi connectivity index (χ0n) is 18.4. The molecule has 0 radical (unpaired) electrons. The van der Waals surface area contributed by atoms with Gasteiger partial charge in [-0.1, -0.05) is 0 Å². The van der Waals surface area contributed by atoms with E-state index >= 15 is 0 Å². The van der Waals surface area contributed by atoms with Gasteiger partial charge < -0.3 is 20.1 Å². The van der Waals surface area contributed by atoms with Crippen LogP contribution in [0, 0.1) is 12.7 Å². The number of benzene rings is 1. The van der Waals surface area contributed by atoms with Crippen LogP contribution in [-0.2, 0) is 6.42 Å². The Bertz CT molecular complexity index is 1240. The summed E-state index contributed by atoms with van der Waals surface area (Å²) in [6.45, 7) is 1.92. The molecule has 0 aliphatic heterocycles. The molecule has 0 unspecified atom stereocenters. The Hall–Kier alpha value is -3.44. The van der Waals surface area contributed by atoms with Gasteiger partial charge in [0, 0.05) is 34.9 Å². The molecule has 180 valence electrons. The number of hydrogen-bond donors (Lipinski definition) is 3. The molecule has 0 amide bonds. The van der Waals surface area contributed by atoms with Gasteiger partial charge in [0.05, 0.1) is 23.5 Å². The van der Waals surface area contributed by atoms with Crippen LogP contribution < -0.4 is 10.1 Å². The van der Waals surface area contributed by atoms with Crippen molar-refractivity contribution in [3.8, 4) is 16.3 Å². The number of nitrogens with zero attached hydrogens (tertiary/aromatic N) is 2. The van der Waals surface area contributed by atoms with Gasteiger partial charge >= 0.3 is 5.97 Å². The van der Waals surface area contributed by atoms with Crippen LogP contribution in [0.25, 0.3) is 21.3 Å². The van der Waals surface area contributed by atoms with Crippen LogP contribution in [0.3, 0.4) is 0 Å². The molecule has 0 aliphatic rings. The first kappa shape index (κ1) is 25.2. The van der Waals surface area contributed by atoms with Crippen molar-refractivity contribution in [2.24, 2.45) is 0 Å². The number of aromatic carboxylic acids is 1. The van der Waals surface area contributed by atoms with Crippen molar-refractivity contribution >= 4 is 28.2 Å². The second-order valence-electron chi connectivity index (χ2n) is 7.15. The lowest BCUT2D eigenvalue weighted by molar-refractivity contribution is 0.0692. The molecule has 0 aliphatic carbocycles. The van der Waals surface area contributed by atoms with E-state index in [9.17, 15) is 18.0 Å². The first-order chi connectivity index (χ1) is 16.3. The van der Waals surface area contributed by atoms with Crippen LogP contribution in [0.1, 0.15) is 21.1 Å². The first-order valence-electron chi connectivity index (χ1n) is 10.2. The molecule has 0 bridgehead atoms. The number of thiazole rings is 1. The number of carboxylic acids is 1. The number of rotatable bonds is 8. The van der Waals surface area contributed by atoms with Gasteiger partial charge in [-0.2, -0.15) is 0 Å². The number of carboxylic acid groups (broad SMARTS) is 1. The highest BCUT2D eigenvalue weighted by molar-refractivity contribution is 7.15. The zero-order valence-corrected chi connectivity index (χ0v) is 19.3. The Morgan fingerprint density at radius 2 is 2.09 bits per heavy atom. The fraction of sp³-hybridized carbons (Fsp3) is 0.261. The average molecular weight is 493 g/mol. The third kappa shape index (κ3) is 6.55. The number of aromatic nitrogens is 3. The van der Waals surface area contributed by atoms with E-state index in [0.29, 0.717) is 28.7 Å². The highest BCUT2D eigenvalue weighted by Crippen LogP contribution is 2.30. The number of nitrogens with one attached hydrogen (secondary N) is 2. The Morgan fingerprint density at radius 1 is 1.29 bits per heavy atom. The van der Waals surface area contributed by atoms with E-state index < -0.39 is 12.4 Å².